The third kappa shape index (κ3) is 3.55. The van der Waals surface area contributed by atoms with Crippen molar-refractivity contribution >= 4 is 18.1 Å². The molecule has 0 fully saturated rings. The van der Waals surface area contributed by atoms with E-state index in [-0.39, 0.29) is 11.3 Å². The summed E-state index contributed by atoms with van der Waals surface area (Å²) >= 11 is 0. The van der Waals surface area contributed by atoms with Gasteiger partial charge in [0.15, 0.2) is 0 Å². The number of carbonyl (C=O) groups excluding carboxylic acids is 2. The molecule has 5 nitrogen and oxygen atoms in total. The van der Waals surface area contributed by atoms with Gasteiger partial charge in [-0.3, -0.25) is 4.79 Å². The number of rotatable bonds is 3. The van der Waals surface area contributed by atoms with Gasteiger partial charge < -0.3 is 9.84 Å². The van der Waals surface area contributed by atoms with Crippen LogP contribution in [0.2, 0.25) is 0 Å². The summed E-state index contributed by atoms with van der Waals surface area (Å²) in [6, 6.07) is 8.40. The predicted molar refractivity (Wildman–Crippen MR) is 66.6 cm³/mol. The highest BCUT2D eigenvalue weighted by Crippen LogP contribution is 2.04. The second-order valence-corrected chi connectivity index (χ2v) is 3.42. The number of carbonyl (C=O) groups is 2. The van der Waals surface area contributed by atoms with E-state index >= 15 is 0 Å². The first-order valence-corrected chi connectivity index (χ1v) is 5.18. The fraction of sp³-hybridized carbons (Fsp3) is 0.154. The van der Waals surface area contributed by atoms with Crippen LogP contribution in [-0.2, 0) is 9.53 Å². The van der Waals surface area contributed by atoms with Crippen molar-refractivity contribution in [1.29, 1.82) is 0 Å². The first kappa shape index (κ1) is 13.6. The molecule has 5 heteroatoms. The Balaban J connectivity index is 2.90. The van der Waals surface area contributed by atoms with Crippen molar-refractivity contribution in [3.8, 4) is 0 Å². The lowest BCUT2D eigenvalue weighted by Gasteiger charge is -2.00. The zero-order valence-corrected chi connectivity index (χ0v) is 10.1. The maximum Gasteiger partial charge on any atom is 0.342 e. The number of nitrogens with zero attached hydrogens (tertiary/aromatic N) is 1. The summed E-state index contributed by atoms with van der Waals surface area (Å²) in [5.74, 6) is -1.51. The minimum atomic E-state index is -0.750. The summed E-state index contributed by atoms with van der Waals surface area (Å²) in [5, 5.41) is 9.27. The van der Waals surface area contributed by atoms with Crippen molar-refractivity contribution in [3.63, 3.8) is 0 Å². The Hall–Kier alpha value is -2.43. The highest BCUT2D eigenvalue weighted by molar-refractivity contribution is 6.13. The third-order valence-corrected chi connectivity index (χ3v) is 2.13. The number of aliphatic imine (C=N–C) groups is 1. The average Bonchev–Trinajstić information content (AvgIpc) is 2.39. The highest BCUT2D eigenvalue weighted by atomic mass is 16.5. The third-order valence-electron chi connectivity index (χ3n) is 2.13. The molecule has 0 unspecified atom stereocenters. The van der Waals surface area contributed by atoms with Gasteiger partial charge in [-0.25, -0.2) is 9.79 Å². The molecule has 0 saturated heterocycles. The zero-order chi connectivity index (χ0) is 13.5. The van der Waals surface area contributed by atoms with E-state index in [0.29, 0.717) is 5.56 Å². The largest absolute Gasteiger partial charge is 0.512 e. The second kappa shape index (κ2) is 6.34. The van der Waals surface area contributed by atoms with Crippen LogP contribution >= 0.6 is 0 Å². The van der Waals surface area contributed by atoms with Crippen molar-refractivity contribution in [2.45, 2.75) is 6.92 Å². The SMILES string of the molecule is COC(=O)C(C=NC(=O)c1ccccc1)=C(C)O. The molecule has 0 spiro atoms. The normalized spacial score (nSPS) is 12.1. The van der Waals surface area contributed by atoms with Crippen molar-refractivity contribution < 1.29 is 19.4 Å². The number of allylic oxidation sites excluding steroid dienone is 1. The molecular weight excluding hydrogens is 234 g/mol. The van der Waals surface area contributed by atoms with Crippen LogP contribution in [0.4, 0.5) is 0 Å². The standard InChI is InChI=1S/C13H13NO4/c1-9(15)11(13(17)18-2)8-14-12(16)10-6-4-3-5-7-10/h3-8,15H,1-2H3. The number of aliphatic hydroxyl groups is 1. The first-order chi connectivity index (χ1) is 8.56. The van der Waals surface area contributed by atoms with Gasteiger partial charge >= 0.3 is 5.97 Å². The molecule has 18 heavy (non-hydrogen) atoms. The maximum atomic E-state index is 11.6. The first-order valence-electron chi connectivity index (χ1n) is 5.18. The summed E-state index contributed by atoms with van der Waals surface area (Å²) in [6.07, 6.45) is 0.997. The number of benzene rings is 1. The number of hydrogen-bond donors (Lipinski definition) is 1. The van der Waals surface area contributed by atoms with Gasteiger partial charge in [0, 0.05) is 11.8 Å². The lowest BCUT2D eigenvalue weighted by atomic mass is 10.2. The number of methoxy groups -OCH3 is 1. The second-order valence-electron chi connectivity index (χ2n) is 3.42. The number of esters is 1. The molecule has 0 heterocycles. The predicted octanol–water partition coefficient (Wildman–Crippen LogP) is 1.90. The van der Waals surface area contributed by atoms with Gasteiger partial charge in [0.1, 0.15) is 11.3 Å². The van der Waals surface area contributed by atoms with Crippen LogP contribution in [0, 0.1) is 0 Å². The van der Waals surface area contributed by atoms with Gasteiger partial charge in [-0.1, -0.05) is 18.2 Å². The van der Waals surface area contributed by atoms with Gasteiger partial charge in [0.25, 0.3) is 5.91 Å². The Bertz CT molecular complexity index is 499. The van der Waals surface area contributed by atoms with E-state index in [1.54, 1.807) is 30.3 Å². The van der Waals surface area contributed by atoms with Crippen LogP contribution in [0.1, 0.15) is 17.3 Å². The molecule has 1 aromatic rings. The smallest absolute Gasteiger partial charge is 0.342 e. The lowest BCUT2D eigenvalue weighted by Crippen LogP contribution is -2.09. The van der Waals surface area contributed by atoms with E-state index in [4.69, 9.17) is 0 Å². The average molecular weight is 247 g/mol. The Kier molecular flexibility index (Phi) is 4.80. The van der Waals surface area contributed by atoms with Crippen molar-refractivity contribution in [2.24, 2.45) is 4.99 Å². The minimum Gasteiger partial charge on any atom is -0.512 e. The monoisotopic (exact) mass is 247 g/mol. The van der Waals surface area contributed by atoms with E-state index in [9.17, 15) is 14.7 Å². The summed E-state index contributed by atoms with van der Waals surface area (Å²) < 4.78 is 4.45. The highest BCUT2D eigenvalue weighted by Gasteiger charge is 2.11. The van der Waals surface area contributed by atoms with Gasteiger partial charge in [0.2, 0.25) is 0 Å². The van der Waals surface area contributed by atoms with Gasteiger partial charge in [-0.05, 0) is 19.1 Å². The van der Waals surface area contributed by atoms with Crippen LogP contribution in [0.25, 0.3) is 0 Å². The quantitative estimate of drug-likeness (QED) is 0.383. The van der Waals surface area contributed by atoms with Crippen LogP contribution in [0.5, 0.6) is 0 Å². The molecule has 1 rings (SSSR count). The Morgan fingerprint density at radius 3 is 2.39 bits per heavy atom. The van der Waals surface area contributed by atoms with Crippen molar-refractivity contribution in [3.05, 3.63) is 47.2 Å². The molecule has 1 aromatic carbocycles. The van der Waals surface area contributed by atoms with E-state index in [0.717, 1.165) is 6.21 Å². The fourth-order valence-corrected chi connectivity index (χ4v) is 1.18. The Morgan fingerprint density at radius 1 is 1.28 bits per heavy atom. The number of ether oxygens (including phenoxy) is 1. The summed E-state index contributed by atoms with van der Waals surface area (Å²) in [6.45, 7) is 1.31. The molecule has 0 aliphatic carbocycles. The molecule has 0 aromatic heterocycles. The van der Waals surface area contributed by atoms with Crippen LogP contribution in [0.3, 0.4) is 0 Å². The fourth-order valence-electron chi connectivity index (χ4n) is 1.18. The van der Waals surface area contributed by atoms with Gasteiger partial charge in [0.05, 0.1) is 7.11 Å². The number of aliphatic hydroxyl groups excluding tert-OH is 1. The molecular formula is C13H13NO4. The van der Waals surface area contributed by atoms with Crippen LogP contribution in [0.15, 0.2) is 46.7 Å². The Labute approximate surface area is 104 Å². The molecule has 0 radical (unpaired) electrons. The molecule has 0 bridgehead atoms. The zero-order valence-electron chi connectivity index (χ0n) is 10.1. The van der Waals surface area contributed by atoms with E-state index < -0.39 is 11.9 Å². The van der Waals surface area contributed by atoms with Crippen molar-refractivity contribution in [2.75, 3.05) is 7.11 Å². The summed E-state index contributed by atoms with van der Waals surface area (Å²) in [5.41, 5.74) is 0.246. The Morgan fingerprint density at radius 2 is 1.89 bits per heavy atom. The summed E-state index contributed by atoms with van der Waals surface area (Å²) in [7, 11) is 1.18. The molecule has 0 atom stereocenters. The van der Waals surface area contributed by atoms with Crippen molar-refractivity contribution in [1.82, 2.24) is 0 Å². The minimum absolute atomic E-state index is 0.151. The topological polar surface area (TPSA) is 76.0 Å². The summed E-state index contributed by atoms with van der Waals surface area (Å²) in [4.78, 5) is 26.5. The van der Waals surface area contributed by atoms with E-state index in [1.165, 1.54) is 14.0 Å². The van der Waals surface area contributed by atoms with Gasteiger partial charge in [-0.15, -0.1) is 0 Å². The lowest BCUT2D eigenvalue weighted by molar-refractivity contribution is -0.135. The molecule has 94 valence electrons. The van der Waals surface area contributed by atoms with Crippen LogP contribution < -0.4 is 0 Å². The molecule has 1 amide bonds. The molecule has 0 aliphatic rings. The van der Waals surface area contributed by atoms with E-state index in [2.05, 4.69) is 9.73 Å². The molecule has 0 saturated carbocycles. The van der Waals surface area contributed by atoms with E-state index in [1.807, 2.05) is 0 Å². The number of hydrogen-bond acceptors (Lipinski definition) is 4. The van der Waals surface area contributed by atoms with Gasteiger partial charge in [-0.2, -0.15) is 0 Å². The molecule has 0 aliphatic heterocycles. The maximum absolute atomic E-state index is 11.6. The number of amides is 1. The molecule has 1 N–H and O–H groups in total. The van der Waals surface area contributed by atoms with Crippen LogP contribution in [-0.4, -0.2) is 30.3 Å².